The third kappa shape index (κ3) is 3.44. The van der Waals surface area contributed by atoms with Gasteiger partial charge in [-0.05, 0) is 12.5 Å². The van der Waals surface area contributed by atoms with Crippen molar-refractivity contribution in [3.63, 3.8) is 0 Å². The highest BCUT2D eigenvalue weighted by atomic mass is 35.5. The summed E-state index contributed by atoms with van der Waals surface area (Å²) in [6.07, 6.45) is 1.92. The number of urea groups is 1. The summed E-state index contributed by atoms with van der Waals surface area (Å²) in [7, 11) is 0. The first kappa shape index (κ1) is 17.6. The second-order valence-electron chi connectivity index (χ2n) is 4.74. The van der Waals surface area contributed by atoms with Crippen LogP contribution in [-0.2, 0) is 5.66 Å². The normalized spacial score (nSPS) is 21.0. The molecule has 9 heteroatoms. The van der Waals surface area contributed by atoms with E-state index in [2.05, 4.69) is 11.3 Å². The first-order chi connectivity index (χ1) is 10.9. The lowest BCUT2D eigenvalue weighted by Gasteiger charge is -2.33. The Morgan fingerprint density at radius 3 is 2.65 bits per heavy atom. The van der Waals surface area contributed by atoms with Crippen molar-refractivity contribution in [2.45, 2.75) is 24.9 Å². The number of hydrazine groups is 1. The molecular formula is C14H13Cl2F2N3O2. The first-order valence-corrected chi connectivity index (χ1v) is 7.27. The molecule has 1 aromatic rings. The van der Waals surface area contributed by atoms with Gasteiger partial charge in [0.1, 0.15) is 12.4 Å². The fourth-order valence-electron chi connectivity index (χ4n) is 2.32. The lowest BCUT2D eigenvalue weighted by molar-refractivity contribution is 0.0965. The van der Waals surface area contributed by atoms with Crippen LogP contribution in [-0.4, -0.2) is 28.0 Å². The van der Waals surface area contributed by atoms with Crippen LogP contribution in [0.2, 0.25) is 0 Å². The van der Waals surface area contributed by atoms with Crippen LogP contribution in [0.5, 0.6) is 5.75 Å². The van der Waals surface area contributed by atoms with Crippen molar-refractivity contribution >= 4 is 29.6 Å². The fraction of sp³-hybridized carbons (Fsp3) is 0.357. The zero-order chi connectivity index (χ0) is 17.0. The van der Waals surface area contributed by atoms with Gasteiger partial charge in [-0.1, -0.05) is 24.1 Å². The molecule has 1 N–H and O–H groups in total. The summed E-state index contributed by atoms with van der Waals surface area (Å²) in [5, 5.41) is 0. The molecule has 1 aliphatic heterocycles. The smallest absolute Gasteiger partial charge is 0.366 e. The molecule has 2 amide bonds. The quantitative estimate of drug-likeness (QED) is 0.621. The Balaban J connectivity index is 2.47. The molecule has 0 aromatic heterocycles. The van der Waals surface area contributed by atoms with Crippen molar-refractivity contribution in [1.82, 2.24) is 14.4 Å². The van der Waals surface area contributed by atoms with Gasteiger partial charge in [-0.3, -0.25) is 0 Å². The number of amides is 2. The Labute approximate surface area is 142 Å². The molecule has 1 atom stereocenters. The molecule has 0 bridgehead atoms. The van der Waals surface area contributed by atoms with Gasteiger partial charge in [0.2, 0.25) is 6.43 Å². The Morgan fingerprint density at radius 2 is 2.09 bits per heavy atom. The molecule has 1 saturated heterocycles. The van der Waals surface area contributed by atoms with Crippen molar-refractivity contribution in [2.75, 3.05) is 6.61 Å². The third-order valence-electron chi connectivity index (χ3n) is 3.32. The first-order valence-electron chi connectivity index (χ1n) is 6.60. The van der Waals surface area contributed by atoms with E-state index in [-0.39, 0.29) is 13.0 Å². The maximum atomic E-state index is 12.7. The number of nitrogens with one attached hydrogen (secondary N) is 1. The number of carbonyl (C=O) groups excluding carboxylic acids is 1. The topological polar surface area (TPSA) is 44.8 Å². The molecule has 0 spiro atoms. The number of rotatable bonds is 6. The molecule has 0 aliphatic carbocycles. The van der Waals surface area contributed by atoms with E-state index < -0.39 is 24.5 Å². The lowest BCUT2D eigenvalue weighted by atomic mass is 9.94. The molecule has 1 fully saturated rings. The summed E-state index contributed by atoms with van der Waals surface area (Å²) >= 11 is 11.8. The van der Waals surface area contributed by atoms with E-state index in [1.54, 1.807) is 24.3 Å². The summed E-state index contributed by atoms with van der Waals surface area (Å²) in [6.45, 7) is -0.0250. The minimum absolute atomic E-state index is 0.0250. The minimum Gasteiger partial charge on any atom is -0.481 e. The van der Waals surface area contributed by atoms with Crippen molar-refractivity contribution < 1.29 is 18.3 Å². The van der Waals surface area contributed by atoms with Gasteiger partial charge in [0, 0.05) is 35.5 Å². The number of benzene rings is 1. The highest BCUT2D eigenvalue weighted by Crippen LogP contribution is 2.42. The summed E-state index contributed by atoms with van der Waals surface area (Å²) in [5.74, 6) is 2.63. The Kier molecular flexibility index (Phi) is 5.52. The van der Waals surface area contributed by atoms with Gasteiger partial charge in [0.15, 0.2) is 5.66 Å². The average Bonchev–Trinajstić information content (AvgIpc) is 2.76. The largest absolute Gasteiger partial charge is 0.481 e. The Hall–Kier alpha value is -1.75. The second-order valence-corrected chi connectivity index (χ2v) is 5.41. The molecule has 0 radical (unpaired) electrons. The highest BCUT2D eigenvalue weighted by Gasteiger charge is 2.52. The van der Waals surface area contributed by atoms with Gasteiger partial charge in [0.05, 0.1) is 0 Å². The van der Waals surface area contributed by atoms with E-state index in [0.717, 1.165) is 4.42 Å². The van der Waals surface area contributed by atoms with Crippen LogP contribution in [0.4, 0.5) is 13.6 Å². The third-order valence-corrected chi connectivity index (χ3v) is 3.98. The standard InChI is InChI=1S/C14H13Cl2F2N3O2/c1-2-9-23-11-6-4-3-5-10(11)14(8-7-12(17)18)19-21(16)13(22)20(14)15/h1,3-6,12,19H,7-9H2. The van der Waals surface area contributed by atoms with Gasteiger partial charge < -0.3 is 4.74 Å². The lowest BCUT2D eigenvalue weighted by Crippen LogP contribution is -2.46. The van der Waals surface area contributed by atoms with Crippen LogP contribution < -0.4 is 10.2 Å². The van der Waals surface area contributed by atoms with Crippen LogP contribution in [0.15, 0.2) is 24.3 Å². The Bertz CT molecular complexity index is 626. The van der Waals surface area contributed by atoms with E-state index >= 15 is 0 Å². The predicted molar refractivity (Wildman–Crippen MR) is 81.6 cm³/mol. The van der Waals surface area contributed by atoms with E-state index in [9.17, 15) is 13.6 Å². The maximum Gasteiger partial charge on any atom is 0.366 e. The molecule has 2 rings (SSSR count). The molecular weight excluding hydrogens is 351 g/mol. The number of hydrogen-bond donors (Lipinski definition) is 1. The second kappa shape index (κ2) is 7.21. The zero-order valence-corrected chi connectivity index (χ0v) is 13.3. The number of carbonyl (C=O) groups is 1. The number of nitrogens with zero attached hydrogens (tertiary/aromatic N) is 2. The highest BCUT2D eigenvalue weighted by molar-refractivity contribution is 6.28. The molecule has 1 aliphatic rings. The molecule has 1 unspecified atom stereocenters. The van der Waals surface area contributed by atoms with Gasteiger partial charge in [-0.25, -0.2) is 18.0 Å². The van der Waals surface area contributed by atoms with Crippen LogP contribution in [0.3, 0.4) is 0 Å². The average molecular weight is 364 g/mol. The van der Waals surface area contributed by atoms with Crippen LogP contribution >= 0.6 is 23.6 Å². The monoisotopic (exact) mass is 363 g/mol. The van der Waals surface area contributed by atoms with E-state index in [0.29, 0.717) is 15.8 Å². The van der Waals surface area contributed by atoms with Gasteiger partial charge >= 0.3 is 6.03 Å². The number of para-hydroxylation sites is 1. The number of alkyl halides is 2. The van der Waals surface area contributed by atoms with Gasteiger partial charge in [-0.2, -0.15) is 9.95 Å². The molecule has 23 heavy (non-hydrogen) atoms. The SMILES string of the molecule is C#CCOc1ccccc1C1(CCC(F)F)NN(Cl)C(=O)N1Cl. The summed E-state index contributed by atoms with van der Waals surface area (Å²) in [5.41, 5.74) is 1.54. The minimum atomic E-state index is -2.57. The van der Waals surface area contributed by atoms with Crippen molar-refractivity contribution in [3.8, 4) is 18.1 Å². The number of ether oxygens (including phenoxy) is 1. The molecule has 5 nitrogen and oxygen atoms in total. The number of hydrogen-bond acceptors (Lipinski definition) is 3. The van der Waals surface area contributed by atoms with Crippen molar-refractivity contribution in [3.05, 3.63) is 29.8 Å². The van der Waals surface area contributed by atoms with E-state index in [4.69, 9.17) is 34.7 Å². The summed E-state index contributed by atoms with van der Waals surface area (Å²) < 4.78 is 32.2. The van der Waals surface area contributed by atoms with Crippen LogP contribution in [0.25, 0.3) is 0 Å². The maximum absolute atomic E-state index is 12.7. The molecule has 124 valence electrons. The van der Waals surface area contributed by atoms with Crippen molar-refractivity contribution in [1.29, 1.82) is 0 Å². The van der Waals surface area contributed by atoms with Gasteiger partial charge in [0.25, 0.3) is 0 Å². The van der Waals surface area contributed by atoms with E-state index in [1.807, 2.05) is 0 Å². The fourth-order valence-corrected chi connectivity index (χ4v) is 2.86. The van der Waals surface area contributed by atoms with Gasteiger partial charge in [-0.15, -0.1) is 6.42 Å². The molecule has 0 saturated carbocycles. The van der Waals surface area contributed by atoms with Crippen LogP contribution in [0.1, 0.15) is 18.4 Å². The van der Waals surface area contributed by atoms with Crippen LogP contribution in [0, 0.1) is 12.3 Å². The van der Waals surface area contributed by atoms with Crippen molar-refractivity contribution in [2.24, 2.45) is 0 Å². The zero-order valence-electron chi connectivity index (χ0n) is 11.8. The number of terminal acetylenes is 1. The van der Waals surface area contributed by atoms with E-state index in [1.165, 1.54) is 0 Å². The summed E-state index contributed by atoms with van der Waals surface area (Å²) in [6, 6.07) is 5.77. The molecule has 1 heterocycles. The number of halogens is 4. The summed E-state index contributed by atoms with van der Waals surface area (Å²) in [4.78, 5) is 11.9. The Morgan fingerprint density at radius 1 is 1.39 bits per heavy atom. The molecule has 1 aromatic carbocycles. The predicted octanol–water partition coefficient (Wildman–Crippen LogP) is 3.45.